The van der Waals surface area contributed by atoms with Crippen LogP contribution in [0.2, 0.25) is 0 Å². The SMILES string of the molecule is COc1cnc(-n2cnc(C)n2)c2[nH]cc(C(=O)C(=O)N3CCN(c4cnn(C)c4-c4ccccc4)CC3)c12.COc1cnc(-n2cnc(C)n2)c2[nH]cc(C(=O)C(=O)O)c12.Cn1ncc(Br)c1-c1ccccc1.Cn1ncc(N2CCN(C(=O)C(=O)c3c[nH]c4c(-n5ccnn5)ncc(F)c34)CC2)c1-c1ccccc1.Cn1ncc(N2CCNCC2)c1-c1ccccc1.O=C(O)C(=O)c1c[nH]c2c(-n3ccnn3)ncc(F)c12. The number of ether oxygens (including phenoxy) is 2. The van der Waals surface area contributed by atoms with Crippen molar-refractivity contribution in [3.8, 4) is 79.8 Å². The van der Waals surface area contributed by atoms with Gasteiger partial charge in [0.1, 0.15) is 35.8 Å². The van der Waals surface area contributed by atoms with Crippen LogP contribution in [0.4, 0.5) is 25.8 Å². The Hall–Kier alpha value is -19.1. The summed E-state index contributed by atoms with van der Waals surface area (Å²) >= 11 is 3.47. The van der Waals surface area contributed by atoms with Crippen molar-refractivity contribution in [2.45, 2.75) is 13.8 Å². The van der Waals surface area contributed by atoms with Crippen molar-refractivity contribution in [3.63, 3.8) is 0 Å². The summed E-state index contributed by atoms with van der Waals surface area (Å²) in [6, 6.07) is 40.7. The highest BCUT2D eigenvalue weighted by atomic mass is 79.9. The topological polar surface area (TPSA) is 533 Å². The molecule has 19 heterocycles. The predicted octanol–water partition coefficient (Wildman–Crippen LogP) is 10.2. The molecule has 3 saturated heterocycles. The lowest BCUT2D eigenvalue weighted by Gasteiger charge is -2.35. The van der Waals surface area contributed by atoms with Gasteiger partial charge in [0.25, 0.3) is 34.9 Å². The first-order valence-electron chi connectivity index (χ1n) is 46.3. The van der Waals surface area contributed by atoms with Crippen molar-refractivity contribution in [2.24, 2.45) is 28.2 Å². The van der Waals surface area contributed by atoms with E-state index in [1.54, 1.807) is 31.3 Å². The van der Waals surface area contributed by atoms with Gasteiger partial charge in [0.15, 0.2) is 34.9 Å². The van der Waals surface area contributed by atoms with Gasteiger partial charge in [-0.2, -0.15) is 30.6 Å². The van der Waals surface area contributed by atoms with E-state index in [1.165, 1.54) is 116 Å². The third-order valence-corrected chi connectivity index (χ3v) is 25.4. The number of pyridine rings is 4. The number of aromatic nitrogens is 28. The van der Waals surface area contributed by atoms with Gasteiger partial charge in [-0.15, -0.1) is 10.2 Å². The summed E-state index contributed by atoms with van der Waals surface area (Å²) in [5, 5.41) is 62.6. The van der Waals surface area contributed by atoms with Gasteiger partial charge >= 0.3 is 11.9 Å². The van der Waals surface area contributed by atoms with Gasteiger partial charge < -0.3 is 69.4 Å². The number of halogens is 3. The number of nitrogens with zero attached hydrogens (tertiary/aromatic N) is 29. The number of carbonyl (C=O) groups is 8. The van der Waals surface area contributed by atoms with E-state index in [9.17, 15) is 47.1 Å². The first-order chi connectivity index (χ1) is 72.2. The standard InChI is InChI=1S/C27H27N9O3.C25H22FN9O2.C14H18N4.C13H11N5O4.C11H6FN5O3.C10H9BrN2/c1-17-30-16-36(32-17)26-23-22(21(39-3)15-29-26)19(13-28-23)25(37)27(38)35-11-9-34(10-12-35)20-14-31-33(2)24(20)18-7-5-4-6-8-18;1-32-22(16-5-3-2-4-6-16)19(15-30-32)33-9-11-34(12-10-33)25(37)23(36)17-13-27-21-20(17)18(26)14-28-24(21)35-8-7-29-31-35;1-17-14(12-5-3-2-4-6-12)13(11-16-17)18-9-7-15-8-10-18;1-6-16-5-18(17-6)12-10-9(8(22-2)4-15-12)7(3-14-10)11(19)13(20)21;12-6-4-14-10(17-2-1-15-16-17)8-7(6)5(3-13-8)9(18)11(19)20;1-13-10(9(11)7-12-13)8-5-3-2-4-6-8/h4-8,13-16,28H,9-12H2,1-3H3;2-8,13-15,27H,9-12H2,1H3;2-6,11,15H,7-10H2,1H3;3-5,14H,1-2H3,(H,20,21);1-4,13H,(H,19,20);2-7H,1H3. The van der Waals surface area contributed by atoms with E-state index in [4.69, 9.17) is 19.7 Å². The Bertz CT molecular complexity index is 8280. The highest BCUT2D eigenvalue weighted by Gasteiger charge is 2.36. The van der Waals surface area contributed by atoms with Crippen molar-refractivity contribution < 1.29 is 66.8 Å². The van der Waals surface area contributed by atoms with Crippen molar-refractivity contribution >= 4 is 123 Å². The van der Waals surface area contributed by atoms with Crippen molar-refractivity contribution in [2.75, 3.05) is 107 Å². The molecule has 0 radical (unpaired) electrons. The first kappa shape index (κ1) is 100. The molecule has 0 bridgehead atoms. The fourth-order valence-corrected chi connectivity index (χ4v) is 18.3. The minimum atomic E-state index is -1.66. The molecule has 0 unspecified atom stereocenters. The van der Waals surface area contributed by atoms with Crippen LogP contribution in [-0.2, 0) is 47.4 Å². The van der Waals surface area contributed by atoms with Gasteiger partial charge in [-0.3, -0.25) is 47.5 Å². The number of methoxy groups -OCH3 is 2. The summed E-state index contributed by atoms with van der Waals surface area (Å²) < 4.78 is 53.4. The number of Topliss-reactive ketones (excluding diaryl/α,β-unsaturated/α-hetero) is 4. The number of ketones is 4. The number of H-pyrrole nitrogens is 4. The van der Waals surface area contributed by atoms with Gasteiger partial charge in [0.2, 0.25) is 0 Å². The number of benzene rings is 4. The van der Waals surface area contributed by atoms with Gasteiger partial charge in [-0.1, -0.05) is 132 Å². The molecule has 3 aliphatic rings. The van der Waals surface area contributed by atoms with E-state index < -0.39 is 58.5 Å². The number of rotatable bonds is 21. The average Bonchev–Trinajstić information content (AvgIpc) is 1.62. The number of nitrogens with one attached hydrogen (secondary N) is 5. The second-order valence-electron chi connectivity index (χ2n) is 33.8. The Morgan fingerprint density at radius 2 is 0.678 bits per heavy atom. The number of aromatic amines is 4. The average molecular weight is 2080 g/mol. The van der Waals surface area contributed by atoms with Gasteiger partial charge in [-0.05, 0) is 29.8 Å². The van der Waals surface area contributed by atoms with Crippen LogP contribution in [0.1, 0.15) is 53.1 Å². The molecule has 3 aliphatic heterocycles. The van der Waals surface area contributed by atoms with Crippen LogP contribution in [0.3, 0.4) is 0 Å². The maximum atomic E-state index is 14.8. The molecule has 49 heteroatoms. The highest BCUT2D eigenvalue weighted by Crippen LogP contribution is 2.39. The van der Waals surface area contributed by atoms with Crippen LogP contribution in [0, 0.1) is 25.5 Å². The van der Waals surface area contributed by atoms with Gasteiger partial charge in [0.05, 0.1) is 199 Å². The second-order valence-corrected chi connectivity index (χ2v) is 34.6. The molecule has 0 atom stereocenters. The number of aryl methyl sites for hydroxylation is 6. The molecule has 0 aliphatic carbocycles. The smallest absolute Gasteiger partial charge is 0.377 e. The zero-order valence-electron chi connectivity index (χ0n) is 81.0. The Balaban J connectivity index is 0.000000121. The van der Waals surface area contributed by atoms with E-state index in [2.05, 4.69) is 186 Å². The Labute approximate surface area is 851 Å². The Morgan fingerprint density at radius 1 is 0.369 bits per heavy atom. The molecular formula is C100H93BrF2N34O12. The summed E-state index contributed by atoms with van der Waals surface area (Å²) in [7, 11) is 10.7. The summed E-state index contributed by atoms with van der Waals surface area (Å²) in [4.78, 5) is 144. The minimum absolute atomic E-state index is 0.000151. The number of carboxylic acids is 2. The van der Waals surface area contributed by atoms with Gasteiger partial charge in [0, 0.05) is 154 Å². The molecule has 46 nitrogen and oxygen atoms in total. The number of hydrogen-bond donors (Lipinski definition) is 7. The molecule has 149 heavy (non-hydrogen) atoms. The van der Waals surface area contributed by atoms with Crippen molar-refractivity contribution in [3.05, 3.63) is 283 Å². The van der Waals surface area contributed by atoms with Crippen LogP contribution >= 0.6 is 15.9 Å². The van der Waals surface area contributed by atoms with Crippen LogP contribution in [-0.4, -0.2) is 298 Å². The van der Waals surface area contributed by atoms with Crippen LogP contribution in [0.15, 0.2) is 238 Å². The summed E-state index contributed by atoms with van der Waals surface area (Å²) in [6.45, 7) is 11.5. The van der Waals surface area contributed by atoms with Crippen LogP contribution < -0.4 is 29.5 Å². The summed E-state index contributed by atoms with van der Waals surface area (Å²) in [5.74, 6) is -6.40. The zero-order chi connectivity index (χ0) is 104. The number of carbonyl (C=O) groups excluding carboxylic acids is 6. The minimum Gasteiger partial charge on any atom is -0.494 e. The number of anilines is 3. The molecule has 0 saturated carbocycles. The number of fused-ring (bicyclic) bond motifs is 4. The molecule has 4 aromatic carbocycles. The van der Waals surface area contributed by atoms with E-state index in [0.717, 1.165) is 88.8 Å². The van der Waals surface area contributed by atoms with Crippen molar-refractivity contribution in [1.82, 2.24) is 154 Å². The monoisotopic (exact) mass is 2080 g/mol. The maximum Gasteiger partial charge on any atom is 0.377 e. The fraction of sp³-hybridized carbons (Fsp3) is 0.200. The molecule has 756 valence electrons. The van der Waals surface area contributed by atoms with Gasteiger partial charge in [-0.25, -0.2) is 67.0 Å². The molecule has 3 fully saturated rings. The second kappa shape index (κ2) is 44.0. The number of piperazine rings is 3. The lowest BCUT2D eigenvalue weighted by molar-refractivity contribution is -0.132. The summed E-state index contributed by atoms with van der Waals surface area (Å²) in [5.41, 5.74) is 13.4. The quantitative estimate of drug-likeness (QED) is 0.0260. The molecule has 0 spiro atoms. The lowest BCUT2D eigenvalue weighted by atomic mass is 10.1. The Kier molecular flexibility index (Phi) is 29.5. The maximum absolute atomic E-state index is 14.8. The highest BCUT2D eigenvalue weighted by molar-refractivity contribution is 9.10. The number of aliphatic carboxylic acids is 2. The number of hydrogen-bond acceptors (Lipinski definition) is 30. The van der Waals surface area contributed by atoms with E-state index in [1.807, 2.05) is 145 Å². The normalized spacial score (nSPS) is 12.9. The molecule has 23 rings (SSSR count). The Morgan fingerprint density at radius 3 is 1.00 bits per heavy atom. The molecule has 2 amide bonds. The largest absolute Gasteiger partial charge is 0.494 e. The predicted molar refractivity (Wildman–Crippen MR) is 544 cm³/mol. The first-order valence-corrected chi connectivity index (χ1v) is 47.1. The molecular weight excluding hydrogens is 1990 g/mol. The summed E-state index contributed by atoms with van der Waals surface area (Å²) in [6.07, 6.45) is 26.5. The number of carboxylic acid groups (broad SMARTS) is 2. The zero-order valence-corrected chi connectivity index (χ0v) is 82.6. The van der Waals surface area contributed by atoms with E-state index in [0.29, 0.717) is 109 Å². The molecule has 20 aromatic rings. The fourth-order valence-electron chi connectivity index (χ4n) is 17.7. The third kappa shape index (κ3) is 20.7. The van der Waals surface area contributed by atoms with E-state index >= 15 is 0 Å². The van der Waals surface area contributed by atoms with E-state index in [-0.39, 0.29) is 55.7 Å². The third-order valence-electron chi connectivity index (χ3n) is 24.8. The van der Waals surface area contributed by atoms with Crippen molar-refractivity contribution in [1.29, 1.82) is 0 Å². The molecule has 7 N–H and O–H groups in total. The number of amides is 2. The van der Waals surface area contributed by atoms with Crippen LogP contribution in [0.25, 0.3) is 112 Å². The lowest BCUT2D eigenvalue weighted by Crippen LogP contribution is -2.50. The van der Waals surface area contributed by atoms with Crippen LogP contribution in [0.5, 0.6) is 11.5 Å². The molecule has 16 aromatic heterocycles.